The van der Waals surface area contributed by atoms with Crippen molar-refractivity contribution in [2.75, 3.05) is 6.61 Å². The van der Waals surface area contributed by atoms with Gasteiger partial charge in [-0.2, -0.15) is 0 Å². The lowest BCUT2D eigenvalue weighted by molar-refractivity contribution is -0.194. The molecular weight excluding hydrogens is 424 g/mol. The zero-order valence-electron chi connectivity index (χ0n) is 22.3. The number of carbonyl (C=O) groups is 2. The molecule has 5 aliphatic carbocycles. The Hall–Kier alpha value is -1.16. The second-order valence-corrected chi connectivity index (χ2v) is 14.7. The Bertz CT molecular complexity index is 949. The molecule has 0 saturated heterocycles. The Morgan fingerprint density at radius 3 is 2.29 bits per heavy atom. The predicted molar refractivity (Wildman–Crippen MR) is 133 cm³/mol. The highest BCUT2D eigenvalue weighted by molar-refractivity contribution is 5.86. The Kier molecular flexibility index (Phi) is 5.20. The highest BCUT2D eigenvalue weighted by atomic mass is 16.4. The standard InChI is InChI=1S/C30H46O4/c1-25(2)13-15-30(24(33)34)16-14-28(5)19(20(30)17-25)7-8-22-26(3)11-10-23(32)27(4,18-31)21(26)9-12-29(22,28)6/h7,20-22,31H,8-18H2,1-6H3,(H,33,34)/t20-,21+,22+,26-,27-,28+,29?,30-/m0/s1. The van der Waals surface area contributed by atoms with E-state index in [0.717, 1.165) is 57.8 Å². The molecule has 8 atom stereocenters. The second-order valence-electron chi connectivity index (χ2n) is 14.7. The van der Waals surface area contributed by atoms with Crippen molar-refractivity contribution >= 4 is 11.8 Å². The summed E-state index contributed by atoms with van der Waals surface area (Å²) in [5.74, 6) is 0.473. The Morgan fingerprint density at radius 2 is 1.65 bits per heavy atom. The maximum absolute atomic E-state index is 13.0. The van der Waals surface area contributed by atoms with E-state index in [1.165, 1.54) is 5.57 Å². The zero-order chi connectivity index (χ0) is 24.9. The number of allylic oxidation sites excluding steroid dienone is 2. The van der Waals surface area contributed by atoms with Gasteiger partial charge in [0, 0.05) is 6.42 Å². The van der Waals surface area contributed by atoms with Crippen LogP contribution in [0.25, 0.3) is 0 Å². The minimum absolute atomic E-state index is 0.00198. The minimum Gasteiger partial charge on any atom is -0.481 e. The lowest BCUT2D eigenvalue weighted by atomic mass is 9.33. The molecule has 1 unspecified atom stereocenters. The molecule has 4 fully saturated rings. The monoisotopic (exact) mass is 470 g/mol. The van der Waals surface area contributed by atoms with Crippen molar-refractivity contribution in [1.29, 1.82) is 0 Å². The molecule has 5 rings (SSSR count). The van der Waals surface area contributed by atoms with Gasteiger partial charge in [0.05, 0.1) is 17.4 Å². The smallest absolute Gasteiger partial charge is 0.310 e. The number of rotatable bonds is 2. The molecule has 0 heterocycles. The highest BCUT2D eigenvalue weighted by Gasteiger charge is 2.69. The molecular formula is C30H46O4. The molecule has 0 radical (unpaired) electrons. The first-order chi connectivity index (χ1) is 15.7. The summed E-state index contributed by atoms with van der Waals surface area (Å²) in [5.41, 5.74) is 0.512. The summed E-state index contributed by atoms with van der Waals surface area (Å²) in [6, 6.07) is 0. The van der Waals surface area contributed by atoms with Gasteiger partial charge in [-0.25, -0.2) is 0 Å². The van der Waals surface area contributed by atoms with Gasteiger partial charge in [0.2, 0.25) is 0 Å². The van der Waals surface area contributed by atoms with Crippen molar-refractivity contribution in [3.8, 4) is 0 Å². The molecule has 4 saturated carbocycles. The number of aliphatic carboxylic acids is 1. The number of aliphatic hydroxyl groups excluding tert-OH is 1. The largest absolute Gasteiger partial charge is 0.481 e. The fourth-order valence-electron chi connectivity index (χ4n) is 10.4. The number of hydrogen-bond donors (Lipinski definition) is 2. The van der Waals surface area contributed by atoms with E-state index >= 15 is 0 Å². The van der Waals surface area contributed by atoms with Crippen LogP contribution in [0.3, 0.4) is 0 Å². The number of aliphatic hydroxyl groups is 1. The first kappa shape index (κ1) is 24.5. The number of carbonyl (C=O) groups excluding carboxylic acids is 1. The van der Waals surface area contributed by atoms with Gasteiger partial charge in [0.25, 0.3) is 0 Å². The van der Waals surface area contributed by atoms with E-state index in [1.807, 2.05) is 6.92 Å². The average Bonchev–Trinajstić information content (AvgIpc) is 2.76. The molecule has 190 valence electrons. The summed E-state index contributed by atoms with van der Waals surface area (Å²) in [7, 11) is 0. The van der Waals surface area contributed by atoms with Gasteiger partial charge in [0.1, 0.15) is 5.78 Å². The Labute approximate surface area is 206 Å². The molecule has 0 amide bonds. The average molecular weight is 471 g/mol. The van der Waals surface area contributed by atoms with Crippen LogP contribution in [0.1, 0.15) is 106 Å². The first-order valence-corrected chi connectivity index (χ1v) is 13.8. The quantitative estimate of drug-likeness (QED) is 0.457. The van der Waals surface area contributed by atoms with Crippen molar-refractivity contribution in [2.45, 2.75) is 106 Å². The van der Waals surface area contributed by atoms with Crippen LogP contribution >= 0.6 is 0 Å². The van der Waals surface area contributed by atoms with Crippen LogP contribution in [-0.2, 0) is 9.59 Å². The van der Waals surface area contributed by atoms with E-state index in [0.29, 0.717) is 12.3 Å². The van der Waals surface area contributed by atoms with Crippen molar-refractivity contribution < 1.29 is 19.8 Å². The molecule has 2 N–H and O–H groups in total. The number of Topliss-reactive ketones (excluding diaryl/α,β-unsaturated/α-hetero) is 1. The molecule has 0 aromatic rings. The Morgan fingerprint density at radius 1 is 0.971 bits per heavy atom. The first-order valence-electron chi connectivity index (χ1n) is 13.8. The van der Waals surface area contributed by atoms with E-state index in [2.05, 4.69) is 40.7 Å². The van der Waals surface area contributed by atoms with Crippen LogP contribution in [0, 0.1) is 50.2 Å². The maximum Gasteiger partial charge on any atom is 0.310 e. The maximum atomic E-state index is 13.0. The van der Waals surface area contributed by atoms with Gasteiger partial charge in [-0.05, 0) is 97.2 Å². The third kappa shape index (κ3) is 2.81. The SMILES string of the molecule is CC1(C)CC[C@]2(C(=O)O)CC[C@]3(C)C(=CC[C@H]4C3(C)CC[C@@H]3[C@]4(C)CCC(=O)[C@@]3(C)CO)[C@@H]2C1. The van der Waals surface area contributed by atoms with Crippen molar-refractivity contribution in [3.63, 3.8) is 0 Å². The van der Waals surface area contributed by atoms with Crippen LogP contribution in [0.15, 0.2) is 11.6 Å². The van der Waals surface area contributed by atoms with Gasteiger partial charge < -0.3 is 10.2 Å². The molecule has 4 heteroatoms. The zero-order valence-corrected chi connectivity index (χ0v) is 22.3. The normalized spacial score (nSPS) is 51.9. The number of hydrogen-bond acceptors (Lipinski definition) is 3. The summed E-state index contributed by atoms with van der Waals surface area (Å²) in [5, 5.41) is 20.8. The predicted octanol–water partition coefficient (Wildman–Crippen LogP) is 6.41. The molecule has 0 aliphatic heterocycles. The molecule has 4 nitrogen and oxygen atoms in total. The molecule has 0 aromatic heterocycles. The molecule has 0 bridgehead atoms. The lowest BCUT2D eigenvalue weighted by Gasteiger charge is -2.70. The fourth-order valence-corrected chi connectivity index (χ4v) is 10.4. The summed E-state index contributed by atoms with van der Waals surface area (Å²) >= 11 is 0. The van der Waals surface area contributed by atoms with Gasteiger partial charge in [-0.15, -0.1) is 0 Å². The molecule has 5 aliphatic rings. The molecule has 0 spiro atoms. The van der Waals surface area contributed by atoms with Crippen molar-refractivity contribution in [2.24, 2.45) is 50.2 Å². The topological polar surface area (TPSA) is 74.6 Å². The summed E-state index contributed by atoms with van der Waals surface area (Å²) in [6.07, 6.45) is 11.5. The number of carboxylic acid groups (broad SMARTS) is 1. The highest BCUT2D eigenvalue weighted by Crippen LogP contribution is 2.75. The molecule has 0 aromatic carbocycles. The van der Waals surface area contributed by atoms with Crippen LogP contribution in [0.4, 0.5) is 0 Å². The third-order valence-electron chi connectivity index (χ3n) is 13.0. The van der Waals surface area contributed by atoms with Crippen molar-refractivity contribution in [3.05, 3.63) is 11.6 Å². The van der Waals surface area contributed by atoms with Crippen LogP contribution in [0.5, 0.6) is 0 Å². The van der Waals surface area contributed by atoms with Crippen LogP contribution in [0.2, 0.25) is 0 Å². The fraction of sp³-hybridized carbons (Fsp3) is 0.867. The minimum atomic E-state index is -0.627. The van der Waals surface area contributed by atoms with E-state index in [-0.39, 0.29) is 45.9 Å². The summed E-state index contributed by atoms with van der Waals surface area (Å²) in [4.78, 5) is 25.7. The lowest BCUT2D eigenvalue weighted by Crippen LogP contribution is -2.65. The van der Waals surface area contributed by atoms with E-state index in [4.69, 9.17) is 0 Å². The van der Waals surface area contributed by atoms with Crippen LogP contribution < -0.4 is 0 Å². The van der Waals surface area contributed by atoms with Gasteiger partial charge in [0.15, 0.2) is 0 Å². The third-order valence-corrected chi connectivity index (χ3v) is 13.0. The summed E-state index contributed by atoms with van der Waals surface area (Å²) in [6.45, 7) is 14.0. The number of fused-ring (bicyclic) bond motifs is 7. The Balaban J connectivity index is 1.60. The van der Waals surface area contributed by atoms with E-state index in [9.17, 15) is 19.8 Å². The summed E-state index contributed by atoms with van der Waals surface area (Å²) < 4.78 is 0. The van der Waals surface area contributed by atoms with E-state index < -0.39 is 16.8 Å². The molecule has 34 heavy (non-hydrogen) atoms. The number of ketones is 1. The van der Waals surface area contributed by atoms with Crippen molar-refractivity contribution in [1.82, 2.24) is 0 Å². The van der Waals surface area contributed by atoms with E-state index in [1.54, 1.807) is 0 Å². The van der Waals surface area contributed by atoms with Gasteiger partial charge in [-0.1, -0.05) is 53.2 Å². The second kappa shape index (κ2) is 7.20. The number of carboxylic acids is 1. The van der Waals surface area contributed by atoms with Gasteiger partial charge in [-0.3, -0.25) is 9.59 Å². The van der Waals surface area contributed by atoms with Gasteiger partial charge >= 0.3 is 5.97 Å². The van der Waals surface area contributed by atoms with Crippen LogP contribution in [-0.4, -0.2) is 28.6 Å².